The Labute approximate surface area is 64.2 Å². The number of H-pyrrole nitrogens is 1. The molecule has 0 radical (unpaired) electrons. The van der Waals surface area contributed by atoms with Crippen molar-refractivity contribution in [2.24, 2.45) is 0 Å². The van der Waals surface area contributed by atoms with Crippen LogP contribution in [0.2, 0.25) is 0 Å². The highest BCUT2D eigenvalue weighted by atomic mass is 16.4. The maximum absolute atomic E-state index is 10.2. The van der Waals surface area contributed by atoms with E-state index < -0.39 is 5.97 Å². The molecule has 1 aromatic rings. The molecule has 0 amide bonds. The van der Waals surface area contributed by atoms with Crippen molar-refractivity contribution in [3.8, 4) is 0 Å². The predicted molar refractivity (Wildman–Crippen MR) is 37.0 cm³/mol. The zero-order valence-corrected chi connectivity index (χ0v) is 6.42. The van der Waals surface area contributed by atoms with Crippen LogP contribution in [0.3, 0.4) is 0 Å². The topological polar surface area (TPSA) is 68.8 Å². The molecule has 0 bridgehead atoms. The number of carboxylic acids is 1. The van der Waals surface area contributed by atoms with Gasteiger partial charge in [0, 0.05) is 5.69 Å². The third kappa shape index (κ3) is 1.58. The van der Waals surface area contributed by atoms with Gasteiger partial charge < -0.3 is 9.90 Å². The highest BCUT2D eigenvalue weighted by Gasteiger charge is 2.03. The number of hydrogen-bond donors (Lipinski definition) is 1. The van der Waals surface area contributed by atoms with Gasteiger partial charge in [0.15, 0.2) is 0 Å². The van der Waals surface area contributed by atoms with Crippen LogP contribution in [0.15, 0.2) is 6.07 Å². The third-order valence-electron chi connectivity index (χ3n) is 1.43. The van der Waals surface area contributed by atoms with Crippen molar-refractivity contribution < 1.29 is 9.90 Å². The summed E-state index contributed by atoms with van der Waals surface area (Å²) in [4.78, 5) is 10.2. The normalized spacial score (nSPS) is 10.5. The van der Waals surface area contributed by atoms with Crippen LogP contribution in [0, 0.1) is 0 Å². The lowest BCUT2D eigenvalue weighted by Gasteiger charge is -1.96. The number of aromatic nitrogens is 2. The summed E-state index contributed by atoms with van der Waals surface area (Å²) >= 11 is 0. The van der Waals surface area contributed by atoms with E-state index in [-0.39, 0.29) is 11.6 Å². The largest absolute Gasteiger partial charge is 0.543 e. The summed E-state index contributed by atoms with van der Waals surface area (Å²) in [6.07, 6.45) is 0. The maximum Gasteiger partial charge on any atom is 0.108 e. The Bertz CT molecular complexity index is 265. The summed E-state index contributed by atoms with van der Waals surface area (Å²) in [5.41, 5.74) is 0.776. The molecule has 0 spiro atoms. The van der Waals surface area contributed by atoms with Crippen molar-refractivity contribution in [3.63, 3.8) is 0 Å². The van der Waals surface area contributed by atoms with E-state index in [2.05, 4.69) is 10.2 Å². The minimum atomic E-state index is -1.24. The number of aromatic amines is 1. The van der Waals surface area contributed by atoms with Crippen molar-refractivity contribution in [1.82, 2.24) is 10.2 Å². The van der Waals surface area contributed by atoms with E-state index in [9.17, 15) is 9.90 Å². The molecule has 60 valence electrons. The lowest BCUT2D eigenvalue weighted by atomic mass is 10.1. The average Bonchev–Trinajstić information content (AvgIpc) is 2.33. The number of carboxylic acid groups (broad SMARTS) is 1. The molecule has 1 aromatic heterocycles. The van der Waals surface area contributed by atoms with Gasteiger partial charge in [-0.15, -0.1) is 0 Å². The first-order valence-electron chi connectivity index (χ1n) is 3.38. The van der Waals surface area contributed by atoms with Crippen LogP contribution in [0.25, 0.3) is 0 Å². The van der Waals surface area contributed by atoms with Gasteiger partial charge in [-0.25, -0.2) is 0 Å². The summed E-state index contributed by atoms with van der Waals surface area (Å²) in [6, 6.07) is 1.49. The number of nitrogens with zero attached hydrogens (tertiary/aromatic N) is 1. The number of aromatic carboxylic acids is 1. The van der Waals surface area contributed by atoms with E-state index in [0.29, 0.717) is 0 Å². The van der Waals surface area contributed by atoms with Gasteiger partial charge in [-0.05, 0) is 12.0 Å². The van der Waals surface area contributed by atoms with Crippen molar-refractivity contribution in [2.45, 2.75) is 19.8 Å². The van der Waals surface area contributed by atoms with Gasteiger partial charge in [-0.1, -0.05) is 13.8 Å². The van der Waals surface area contributed by atoms with Crippen molar-refractivity contribution in [2.75, 3.05) is 0 Å². The molecule has 0 aliphatic carbocycles. The quantitative estimate of drug-likeness (QED) is 0.644. The zero-order valence-electron chi connectivity index (χ0n) is 6.42. The van der Waals surface area contributed by atoms with Crippen LogP contribution in [0.4, 0.5) is 0 Å². The fourth-order valence-electron chi connectivity index (χ4n) is 0.737. The minimum Gasteiger partial charge on any atom is -0.543 e. The zero-order chi connectivity index (χ0) is 8.43. The molecule has 0 aromatic carbocycles. The number of carbonyl (C=O) groups is 1. The summed E-state index contributed by atoms with van der Waals surface area (Å²) < 4.78 is 0. The van der Waals surface area contributed by atoms with Crippen LogP contribution >= 0.6 is 0 Å². The first-order valence-corrected chi connectivity index (χ1v) is 3.38. The Hall–Kier alpha value is -1.32. The molecular formula is C7H9N2O2-. The van der Waals surface area contributed by atoms with Gasteiger partial charge in [0.05, 0.1) is 5.97 Å². The number of hydrogen-bond acceptors (Lipinski definition) is 3. The van der Waals surface area contributed by atoms with Gasteiger partial charge in [0.25, 0.3) is 0 Å². The van der Waals surface area contributed by atoms with Crippen LogP contribution in [0.5, 0.6) is 0 Å². The van der Waals surface area contributed by atoms with E-state index in [1.165, 1.54) is 6.07 Å². The van der Waals surface area contributed by atoms with Crippen LogP contribution < -0.4 is 5.11 Å². The molecule has 0 fully saturated rings. The maximum atomic E-state index is 10.2. The van der Waals surface area contributed by atoms with Crippen molar-refractivity contribution in [1.29, 1.82) is 0 Å². The summed E-state index contributed by atoms with van der Waals surface area (Å²) in [7, 11) is 0. The Morgan fingerprint density at radius 2 is 2.36 bits per heavy atom. The standard InChI is InChI=1S/C7H10N2O2/c1-4(2)5-3-6(7(10)11)9-8-5/h3-4H,1-2H3,(H,8,9)(H,10,11)/p-1. The number of nitrogens with one attached hydrogen (secondary N) is 1. The fourth-order valence-corrected chi connectivity index (χ4v) is 0.737. The molecule has 0 atom stereocenters. The lowest BCUT2D eigenvalue weighted by molar-refractivity contribution is -0.255. The van der Waals surface area contributed by atoms with Crippen molar-refractivity contribution >= 4 is 5.97 Å². The van der Waals surface area contributed by atoms with E-state index in [1.54, 1.807) is 0 Å². The second kappa shape index (κ2) is 2.74. The van der Waals surface area contributed by atoms with Crippen LogP contribution in [-0.4, -0.2) is 16.2 Å². The van der Waals surface area contributed by atoms with Gasteiger partial charge in [0.1, 0.15) is 5.69 Å². The molecule has 0 aliphatic heterocycles. The minimum absolute atomic E-state index is 0.0336. The van der Waals surface area contributed by atoms with Gasteiger partial charge in [0.2, 0.25) is 0 Å². The lowest BCUT2D eigenvalue weighted by Crippen LogP contribution is -2.22. The fraction of sp³-hybridized carbons (Fsp3) is 0.429. The van der Waals surface area contributed by atoms with E-state index in [1.807, 2.05) is 13.8 Å². The molecule has 0 aliphatic rings. The van der Waals surface area contributed by atoms with Crippen LogP contribution in [-0.2, 0) is 0 Å². The number of rotatable bonds is 2. The van der Waals surface area contributed by atoms with E-state index in [4.69, 9.17) is 0 Å². The SMILES string of the molecule is CC(C)c1cc(C(=O)[O-])n[nH]1. The molecule has 11 heavy (non-hydrogen) atoms. The highest BCUT2D eigenvalue weighted by molar-refractivity contribution is 5.83. The molecule has 0 unspecified atom stereocenters. The van der Waals surface area contributed by atoms with Crippen LogP contribution in [0.1, 0.15) is 35.9 Å². The molecule has 0 saturated heterocycles. The van der Waals surface area contributed by atoms with Crippen molar-refractivity contribution in [3.05, 3.63) is 17.5 Å². The predicted octanol–water partition coefficient (Wildman–Crippen LogP) is -0.103. The third-order valence-corrected chi connectivity index (χ3v) is 1.43. The Kier molecular flexibility index (Phi) is 1.94. The first-order chi connectivity index (χ1) is 5.11. The molecular weight excluding hydrogens is 144 g/mol. The summed E-state index contributed by atoms with van der Waals surface area (Å²) in [5, 5.41) is 16.4. The summed E-state index contributed by atoms with van der Waals surface area (Å²) in [6.45, 7) is 3.90. The Balaban J connectivity index is 2.90. The van der Waals surface area contributed by atoms with Gasteiger partial charge in [-0.3, -0.25) is 5.10 Å². The van der Waals surface area contributed by atoms with E-state index in [0.717, 1.165) is 5.69 Å². The Morgan fingerprint density at radius 1 is 1.73 bits per heavy atom. The molecule has 1 heterocycles. The van der Waals surface area contributed by atoms with E-state index >= 15 is 0 Å². The van der Waals surface area contributed by atoms with Gasteiger partial charge >= 0.3 is 0 Å². The monoisotopic (exact) mass is 153 g/mol. The highest BCUT2D eigenvalue weighted by Crippen LogP contribution is 2.10. The molecule has 4 nitrogen and oxygen atoms in total. The number of carbonyl (C=O) groups excluding carboxylic acids is 1. The van der Waals surface area contributed by atoms with Gasteiger partial charge in [-0.2, -0.15) is 5.10 Å². The smallest absolute Gasteiger partial charge is 0.108 e. The second-order valence-corrected chi connectivity index (χ2v) is 2.65. The Morgan fingerprint density at radius 3 is 2.64 bits per heavy atom. The molecule has 4 heteroatoms. The second-order valence-electron chi connectivity index (χ2n) is 2.65. The first kappa shape index (κ1) is 7.78. The molecule has 0 saturated carbocycles. The molecule has 1 N–H and O–H groups in total. The average molecular weight is 153 g/mol. The summed E-state index contributed by atoms with van der Waals surface area (Å²) in [5.74, 6) is -0.983. The molecule has 1 rings (SSSR count).